The van der Waals surface area contributed by atoms with E-state index >= 15 is 0 Å². The number of carbonyl (C=O) groups is 1. The predicted molar refractivity (Wildman–Crippen MR) is 52.6 cm³/mol. The lowest BCUT2D eigenvalue weighted by Gasteiger charge is -2.17. The molecule has 1 atom stereocenters. The molecule has 1 aliphatic carbocycles. The topological polar surface area (TPSA) is 26.3 Å². The summed E-state index contributed by atoms with van der Waals surface area (Å²) < 4.78 is 5.08. The van der Waals surface area contributed by atoms with Gasteiger partial charge in [-0.1, -0.05) is 13.0 Å². The molecule has 0 amide bonds. The summed E-state index contributed by atoms with van der Waals surface area (Å²) in [5.41, 5.74) is 0.978. The van der Waals surface area contributed by atoms with Gasteiger partial charge in [0.1, 0.15) is 6.61 Å². The highest BCUT2D eigenvalue weighted by atomic mass is 16.5. The second kappa shape index (κ2) is 5.18. The van der Waals surface area contributed by atoms with E-state index in [0.717, 1.165) is 30.8 Å². The SMILES string of the molecule is CCOCC(=O)C1=CCC(C)CC1. The molecule has 0 aliphatic heterocycles. The molecule has 2 heteroatoms. The van der Waals surface area contributed by atoms with E-state index in [4.69, 9.17) is 4.74 Å². The molecule has 0 fully saturated rings. The third-order valence-electron chi connectivity index (χ3n) is 2.47. The van der Waals surface area contributed by atoms with Crippen LogP contribution in [0.15, 0.2) is 11.6 Å². The lowest BCUT2D eigenvalue weighted by molar-refractivity contribution is -0.120. The highest BCUT2D eigenvalue weighted by Crippen LogP contribution is 2.23. The zero-order valence-corrected chi connectivity index (χ0v) is 8.51. The van der Waals surface area contributed by atoms with Crippen molar-refractivity contribution in [3.63, 3.8) is 0 Å². The van der Waals surface area contributed by atoms with Gasteiger partial charge in [0.2, 0.25) is 0 Å². The summed E-state index contributed by atoms with van der Waals surface area (Å²) in [5.74, 6) is 0.914. The maximum absolute atomic E-state index is 11.5. The highest BCUT2D eigenvalue weighted by Gasteiger charge is 2.15. The van der Waals surface area contributed by atoms with Crippen LogP contribution in [0, 0.1) is 5.92 Å². The van der Waals surface area contributed by atoms with Crippen molar-refractivity contribution in [2.75, 3.05) is 13.2 Å². The monoisotopic (exact) mass is 182 g/mol. The first kappa shape index (κ1) is 10.5. The number of allylic oxidation sites excluding steroid dienone is 1. The Balaban J connectivity index is 2.38. The van der Waals surface area contributed by atoms with Crippen LogP contribution in [0.25, 0.3) is 0 Å². The van der Waals surface area contributed by atoms with Crippen molar-refractivity contribution in [2.45, 2.75) is 33.1 Å². The first-order chi connectivity index (χ1) is 6.24. The second-order valence-electron chi connectivity index (χ2n) is 3.67. The maximum atomic E-state index is 11.5. The van der Waals surface area contributed by atoms with Crippen LogP contribution >= 0.6 is 0 Å². The number of Topliss-reactive ketones (excluding diaryl/α,β-unsaturated/α-hetero) is 1. The van der Waals surface area contributed by atoms with Crippen LogP contribution in [-0.2, 0) is 9.53 Å². The first-order valence-electron chi connectivity index (χ1n) is 5.04. The fourth-order valence-corrected chi connectivity index (χ4v) is 1.51. The lowest BCUT2D eigenvalue weighted by Crippen LogP contribution is -2.14. The number of rotatable bonds is 4. The third kappa shape index (κ3) is 3.31. The molecule has 1 aliphatic rings. The number of carbonyl (C=O) groups excluding carboxylic acids is 1. The van der Waals surface area contributed by atoms with Crippen LogP contribution in [0.3, 0.4) is 0 Å². The molecule has 13 heavy (non-hydrogen) atoms. The quantitative estimate of drug-likeness (QED) is 0.667. The number of ether oxygens (including phenoxy) is 1. The molecule has 0 saturated heterocycles. The summed E-state index contributed by atoms with van der Waals surface area (Å²) in [5, 5.41) is 0. The zero-order valence-electron chi connectivity index (χ0n) is 8.51. The van der Waals surface area contributed by atoms with Gasteiger partial charge in [0.05, 0.1) is 0 Å². The van der Waals surface area contributed by atoms with Crippen LogP contribution in [-0.4, -0.2) is 19.0 Å². The van der Waals surface area contributed by atoms with Gasteiger partial charge in [-0.2, -0.15) is 0 Å². The van der Waals surface area contributed by atoms with Crippen molar-refractivity contribution < 1.29 is 9.53 Å². The summed E-state index contributed by atoms with van der Waals surface area (Å²) in [6, 6.07) is 0. The number of hydrogen-bond donors (Lipinski definition) is 0. The molecule has 0 bridgehead atoms. The van der Waals surface area contributed by atoms with Crippen molar-refractivity contribution in [1.82, 2.24) is 0 Å². The van der Waals surface area contributed by atoms with Crippen LogP contribution in [0.2, 0.25) is 0 Å². The molecular formula is C11H18O2. The minimum Gasteiger partial charge on any atom is -0.374 e. The largest absolute Gasteiger partial charge is 0.374 e. The Bertz CT molecular complexity index is 206. The first-order valence-corrected chi connectivity index (χ1v) is 5.04. The van der Waals surface area contributed by atoms with Crippen molar-refractivity contribution in [3.8, 4) is 0 Å². The van der Waals surface area contributed by atoms with E-state index in [-0.39, 0.29) is 12.4 Å². The van der Waals surface area contributed by atoms with Crippen molar-refractivity contribution in [3.05, 3.63) is 11.6 Å². The van der Waals surface area contributed by atoms with Crippen molar-refractivity contribution >= 4 is 5.78 Å². The average molecular weight is 182 g/mol. The van der Waals surface area contributed by atoms with E-state index in [0.29, 0.717) is 6.61 Å². The molecular weight excluding hydrogens is 164 g/mol. The normalized spacial score (nSPS) is 22.6. The molecule has 0 N–H and O–H groups in total. The van der Waals surface area contributed by atoms with Gasteiger partial charge >= 0.3 is 0 Å². The smallest absolute Gasteiger partial charge is 0.184 e. The Kier molecular flexibility index (Phi) is 4.16. The Labute approximate surface area is 80.0 Å². The Morgan fingerprint density at radius 3 is 3.00 bits per heavy atom. The van der Waals surface area contributed by atoms with Gasteiger partial charge in [0.25, 0.3) is 0 Å². The van der Waals surface area contributed by atoms with Gasteiger partial charge in [-0.3, -0.25) is 4.79 Å². The summed E-state index contributed by atoms with van der Waals surface area (Å²) in [6.45, 7) is 5.01. The van der Waals surface area contributed by atoms with Crippen LogP contribution in [0.5, 0.6) is 0 Å². The summed E-state index contributed by atoms with van der Waals surface area (Å²) in [6.07, 6.45) is 5.21. The molecule has 0 aromatic carbocycles. The van der Waals surface area contributed by atoms with Gasteiger partial charge in [-0.15, -0.1) is 0 Å². The Morgan fingerprint density at radius 1 is 1.69 bits per heavy atom. The van der Waals surface area contributed by atoms with E-state index in [1.54, 1.807) is 0 Å². The highest BCUT2D eigenvalue weighted by molar-refractivity contribution is 5.96. The summed E-state index contributed by atoms with van der Waals surface area (Å²) in [7, 11) is 0. The molecule has 1 unspecified atom stereocenters. The standard InChI is InChI=1S/C11H18O2/c1-3-13-8-11(12)10-6-4-9(2)5-7-10/h6,9H,3-5,7-8H2,1-2H3. The van der Waals surface area contributed by atoms with E-state index in [1.165, 1.54) is 0 Å². The molecule has 0 aromatic rings. The molecule has 1 rings (SSSR count). The summed E-state index contributed by atoms with van der Waals surface area (Å²) >= 11 is 0. The Hall–Kier alpha value is -0.630. The molecule has 2 nitrogen and oxygen atoms in total. The minimum atomic E-state index is 0.175. The van der Waals surface area contributed by atoms with Crippen molar-refractivity contribution in [2.24, 2.45) is 5.92 Å². The van der Waals surface area contributed by atoms with E-state index in [9.17, 15) is 4.79 Å². The van der Waals surface area contributed by atoms with Crippen LogP contribution in [0.4, 0.5) is 0 Å². The molecule has 0 saturated carbocycles. The van der Waals surface area contributed by atoms with Gasteiger partial charge < -0.3 is 4.74 Å². The van der Waals surface area contributed by atoms with Gasteiger partial charge in [0, 0.05) is 6.61 Å². The van der Waals surface area contributed by atoms with Crippen LogP contribution in [0.1, 0.15) is 33.1 Å². The molecule has 0 aromatic heterocycles. The fourth-order valence-electron chi connectivity index (χ4n) is 1.51. The van der Waals surface area contributed by atoms with E-state index in [2.05, 4.69) is 13.0 Å². The van der Waals surface area contributed by atoms with Crippen molar-refractivity contribution in [1.29, 1.82) is 0 Å². The van der Waals surface area contributed by atoms with Gasteiger partial charge in [-0.25, -0.2) is 0 Å². The van der Waals surface area contributed by atoms with E-state index in [1.807, 2.05) is 6.92 Å². The van der Waals surface area contributed by atoms with E-state index < -0.39 is 0 Å². The predicted octanol–water partition coefficient (Wildman–Crippen LogP) is 2.34. The molecule has 0 spiro atoms. The number of hydrogen-bond acceptors (Lipinski definition) is 2. The average Bonchev–Trinajstić information content (AvgIpc) is 2.15. The number of ketones is 1. The van der Waals surface area contributed by atoms with Gasteiger partial charge in [0.15, 0.2) is 5.78 Å². The second-order valence-corrected chi connectivity index (χ2v) is 3.67. The molecule has 74 valence electrons. The Morgan fingerprint density at radius 2 is 2.46 bits per heavy atom. The fraction of sp³-hybridized carbons (Fsp3) is 0.727. The van der Waals surface area contributed by atoms with Crippen LogP contribution < -0.4 is 0 Å². The van der Waals surface area contributed by atoms with Gasteiger partial charge in [-0.05, 0) is 37.7 Å². The maximum Gasteiger partial charge on any atom is 0.184 e. The molecule has 0 radical (unpaired) electrons. The summed E-state index contributed by atoms with van der Waals surface area (Å²) in [4.78, 5) is 11.5. The molecule has 0 heterocycles. The zero-order chi connectivity index (χ0) is 9.68. The third-order valence-corrected chi connectivity index (χ3v) is 2.47. The lowest BCUT2D eigenvalue weighted by atomic mass is 9.89. The minimum absolute atomic E-state index is 0.175.